The van der Waals surface area contributed by atoms with Crippen molar-refractivity contribution in [1.82, 2.24) is 9.55 Å². The van der Waals surface area contributed by atoms with Gasteiger partial charge in [-0.15, -0.1) is 11.3 Å². The van der Waals surface area contributed by atoms with Gasteiger partial charge >= 0.3 is 6.18 Å². The van der Waals surface area contributed by atoms with E-state index in [1.807, 2.05) is 0 Å². The summed E-state index contributed by atoms with van der Waals surface area (Å²) in [6.45, 7) is 0. The van der Waals surface area contributed by atoms with E-state index >= 15 is 0 Å². The van der Waals surface area contributed by atoms with Crippen LogP contribution in [0.3, 0.4) is 0 Å². The fraction of sp³-hybridized carbons (Fsp3) is 0.111. The van der Waals surface area contributed by atoms with E-state index in [4.69, 9.17) is 5.73 Å². The van der Waals surface area contributed by atoms with Crippen molar-refractivity contribution in [2.24, 2.45) is 7.05 Å². The van der Waals surface area contributed by atoms with Crippen LogP contribution in [0, 0.1) is 0 Å². The molecule has 0 bridgehead atoms. The average Bonchev–Trinajstić information content (AvgIpc) is 3.26. The van der Waals surface area contributed by atoms with Gasteiger partial charge in [-0.05, 0) is 30.3 Å². The Morgan fingerprint density at radius 3 is 2.78 bits per heavy atom. The molecule has 5 nitrogen and oxygen atoms in total. The zero-order valence-corrected chi connectivity index (χ0v) is 14.8. The smallest absolute Gasteiger partial charge is 0.397 e. The number of nitrogens with zero attached hydrogens (tertiary/aromatic N) is 2. The Hall–Kier alpha value is -3.07. The summed E-state index contributed by atoms with van der Waals surface area (Å²) < 4.78 is 40.2. The van der Waals surface area contributed by atoms with Crippen LogP contribution < -0.4 is 11.1 Å². The molecular weight excluding hydrogens is 377 g/mol. The highest BCUT2D eigenvalue weighted by molar-refractivity contribution is 7.16. The van der Waals surface area contributed by atoms with Gasteiger partial charge in [-0.1, -0.05) is 0 Å². The largest absolute Gasteiger partial charge is 0.417 e. The maximum atomic E-state index is 12.9. The maximum absolute atomic E-state index is 12.9. The second kappa shape index (κ2) is 5.98. The minimum Gasteiger partial charge on any atom is -0.397 e. The summed E-state index contributed by atoms with van der Waals surface area (Å²) in [4.78, 5) is 17.7. The standard InChI is InChI=1S/C18H13F3N4OS/c1-25-8-9(18(19,20)21)4-14(25)15-3-2-11(27-15)6-13-12-5-10(22)7-23-16(12)24-17(13)26/h2-8H,22H2,1H3,(H,23,24,26). The van der Waals surface area contributed by atoms with Gasteiger partial charge in [-0.2, -0.15) is 13.2 Å². The number of carbonyl (C=O) groups excluding carboxylic acids is 1. The Morgan fingerprint density at radius 1 is 1.30 bits per heavy atom. The molecule has 0 spiro atoms. The number of alkyl halides is 3. The zero-order valence-electron chi connectivity index (χ0n) is 14.0. The topological polar surface area (TPSA) is 72.9 Å². The van der Waals surface area contributed by atoms with E-state index in [0.717, 1.165) is 17.1 Å². The molecule has 0 atom stereocenters. The number of pyridine rings is 1. The quantitative estimate of drug-likeness (QED) is 0.643. The van der Waals surface area contributed by atoms with Gasteiger partial charge in [-0.25, -0.2) is 4.98 Å². The highest BCUT2D eigenvalue weighted by Gasteiger charge is 2.32. The number of fused-ring (bicyclic) bond motifs is 1. The third kappa shape index (κ3) is 3.10. The van der Waals surface area contributed by atoms with Crippen molar-refractivity contribution in [1.29, 1.82) is 0 Å². The van der Waals surface area contributed by atoms with Crippen LogP contribution >= 0.6 is 11.3 Å². The molecule has 3 N–H and O–H groups in total. The van der Waals surface area contributed by atoms with E-state index in [1.54, 1.807) is 31.3 Å². The van der Waals surface area contributed by atoms with Gasteiger partial charge < -0.3 is 15.6 Å². The fourth-order valence-corrected chi connectivity index (χ4v) is 3.91. The highest BCUT2D eigenvalue weighted by Crippen LogP contribution is 2.38. The first-order chi connectivity index (χ1) is 12.7. The Kier molecular flexibility index (Phi) is 3.84. The normalized spacial score (nSPS) is 15.3. The van der Waals surface area contributed by atoms with Crippen molar-refractivity contribution in [3.8, 4) is 10.6 Å². The van der Waals surface area contributed by atoms with Crippen molar-refractivity contribution in [2.45, 2.75) is 6.18 Å². The molecule has 3 aromatic heterocycles. The number of nitrogens with one attached hydrogen (secondary N) is 1. The van der Waals surface area contributed by atoms with Crippen LogP contribution in [0.1, 0.15) is 16.0 Å². The van der Waals surface area contributed by atoms with Gasteiger partial charge in [0.1, 0.15) is 5.82 Å². The van der Waals surface area contributed by atoms with Gasteiger partial charge in [0, 0.05) is 23.7 Å². The lowest BCUT2D eigenvalue weighted by Crippen LogP contribution is -2.04. The van der Waals surface area contributed by atoms with E-state index in [-0.39, 0.29) is 5.91 Å². The molecule has 1 amide bonds. The van der Waals surface area contributed by atoms with Crippen LogP contribution in [0.25, 0.3) is 22.2 Å². The Bertz CT molecular complexity index is 1090. The summed E-state index contributed by atoms with van der Waals surface area (Å²) in [5.74, 6) is 0.144. The molecule has 1 aliphatic rings. The average molecular weight is 390 g/mol. The predicted octanol–water partition coefficient (Wildman–Crippen LogP) is 4.24. The third-order valence-corrected chi connectivity index (χ3v) is 5.23. The summed E-state index contributed by atoms with van der Waals surface area (Å²) in [6.07, 6.45) is -0.193. The van der Waals surface area contributed by atoms with Crippen molar-refractivity contribution in [3.05, 3.63) is 52.7 Å². The molecular formula is C18H13F3N4OS. The van der Waals surface area contributed by atoms with Crippen LogP contribution in [0.2, 0.25) is 0 Å². The van der Waals surface area contributed by atoms with E-state index in [0.29, 0.717) is 33.2 Å². The van der Waals surface area contributed by atoms with Gasteiger partial charge in [0.05, 0.1) is 33.6 Å². The van der Waals surface area contributed by atoms with Crippen molar-refractivity contribution in [3.63, 3.8) is 0 Å². The molecule has 0 aliphatic carbocycles. The lowest BCUT2D eigenvalue weighted by atomic mass is 10.1. The van der Waals surface area contributed by atoms with E-state index in [1.165, 1.54) is 22.1 Å². The summed E-state index contributed by atoms with van der Waals surface area (Å²) >= 11 is 1.30. The molecule has 0 fully saturated rings. The molecule has 3 aromatic rings. The summed E-state index contributed by atoms with van der Waals surface area (Å²) in [5.41, 5.74) is 6.97. The van der Waals surface area contributed by atoms with Crippen LogP contribution in [0.15, 0.2) is 36.7 Å². The molecule has 1 aliphatic heterocycles. The van der Waals surface area contributed by atoms with Gasteiger partial charge in [0.2, 0.25) is 0 Å². The van der Waals surface area contributed by atoms with Crippen LogP contribution in [0.5, 0.6) is 0 Å². The SMILES string of the molecule is Cn1cc(C(F)(F)F)cc1-c1ccc(C=C2C(=O)Nc3ncc(N)cc32)s1. The molecule has 9 heteroatoms. The zero-order chi connectivity index (χ0) is 19.3. The van der Waals surface area contributed by atoms with Crippen LogP contribution in [0.4, 0.5) is 24.7 Å². The molecule has 0 saturated carbocycles. The molecule has 0 aromatic carbocycles. The summed E-state index contributed by atoms with van der Waals surface area (Å²) in [7, 11) is 1.57. The molecule has 0 unspecified atom stereocenters. The lowest BCUT2D eigenvalue weighted by molar-refractivity contribution is -0.137. The predicted molar refractivity (Wildman–Crippen MR) is 98.9 cm³/mol. The minimum absolute atomic E-state index is 0.295. The van der Waals surface area contributed by atoms with Crippen molar-refractivity contribution in [2.75, 3.05) is 11.1 Å². The third-order valence-electron chi connectivity index (χ3n) is 4.17. The Morgan fingerprint density at radius 2 is 2.07 bits per heavy atom. The highest BCUT2D eigenvalue weighted by atomic mass is 32.1. The first-order valence-corrected chi connectivity index (χ1v) is 8.67. The number of anilines is 2. The van der Waals surface area contributed by atoms with Crippen LogP contribution in [-0.4, -0.2) is 15.5 Å². The fourth-order valence-electron chi connectivity index (χ4n) is 2.90. The number of hydrogen-bond acceptors (Lipinski definition) is 4. The maximum Gasteiger partial charge on any atom is 0.417 e. The van der Waals surface area contributed by atoms with Gasteiger partial charge in [-0.3, -0.25) is 4.79 Å². The van der Waals surface area contributed by atoms with Gasteiger partial charge in [0.25, 0.3) is 5.91 Å². The van der Waals surface area contributed by atoms with Crippen molar-refractivity contribution >= 4 is 40.4 Å². The summed E-state index contributed by atoms with van der Waals surface area (Å²) in [6, 6.07) is 6.27. The number of aryl methyl sites for hydroxylation is 1. The van der Waals surface area contributed by atoms with E-state index in [2.05, 4.69) is 10.3 Å². The number of nitrogen functional groups attached to an aromatic ring is 1. The first-order valence-electron chi connectivity index (χ1n) is 7.85. The van der Waals surface area contributed by atoms with Gasteiger partial charge in [0.15, 0.2) is 0 Å². The monoisotopic (exact) mass is 390 g/mol. The Labute approximate surface area is 156 Å². The lowest BCUT2D eigenvalue weighted by Gasteiger charge is -2.00. The number of hydrogen-bond donors (Lipinski definition) is 2. The molecule has 0 saturated heterocycles. The molecule has 4 rings (SSSR count). The first kappa shape index (κ1) is 17.3. The van der Waals surface area contributed by atoms with Crippen molar-refractivity contribution < 1.29 is 18.0 Å². The second-order valence-corrected chi connectivity index (χ2v) is 7.22. The van der Waals surface area contributed by atoms with Crippen LogP contribution in [-0.2, 0) is 18.0 Å². The summed E-state index contributed by atoms with van der Waals surface area (Å²) in [5, 5.41) is 2.66. The molecule has 138 valence electrons. The number of amides is 1. The Balaban J connectivity index is 1.71. The molecule has 27 heavy (non-hydrogen) atoms. The molecule has 4 heterocycles. The van der Waals surface area contributed by atoms with E-state index < -0.39 is 11.7 Å². The van der Waals surface area contributed by atoms with E-state index in [9.17, 15) is 18.0 Å². The number of nitrogens with two attached hydrogens (primary N) is 1. The molecule has 0 radical (unpaired) electrons. The minimum atomic E-state index is -4.39. The number of thiophene rings is 1. The number of carbonyl (C=O) groups is 1. The number of halogens is 3. The second-order valence-electron chi connectivity index (χ2n) is 6.10. The number of rotatable bonds is 2. The number of aromatic nitrogens is 2.